The normalized spacial score (nSPS) is 14.8. The molecule has 1 aliphatic heterocycles. The lowest BCUT2D eigenvalue weighted by Gasteiger charge is -2.39. The Hall–Kier alpha value is -6.85. The number of furan rings is 1. The monoisotopic (exact) mass is 827 g/mol. The van der Waals surface area contributed by atoms with Gasteiger partial charge >= 0.3 is 0 Å². The van der Waals surface area contributed by atoms with Gasteiger partial charge in [-0.15, -0.1) is 11.3 Å². The predicted octanol–water partition coefficient (Wildman–Crippen LogP) is 16.6. The van der Waals surface area contributed by atoms with Crippen LogP contribution in [0.3, 0.4) is 0 Å². The lowest BCUT2D eigenvalue weighted by atomic mass is 9.67. The first-order valence-electron chi connectivity index (χ1n) is 21.4. The summed E-state index contributed by atoms with van der Waals surface area (Å²) in [6.07, 6.45) is 0. The summed E-state index contributed by atoms with van der Waals surface area (Å²) < 4.78 is 9.17. The lowest BCUT2D eigenvalue weighted by molar-refractivity contribution is 0.660. The molecule has 14 rings (SSSR count). The van der Waals surface area contributed by atoms with Gasteiger partial charge in [0, 0.05) is 63.5 Å². The standard InChI is InChI=1S/C58H37NOS2/c1-57(2)41-18-6-4-17-38(41)55-45(57)22-13-23-47(55)59(34-29-30-37-36-16-5-10-25-49(36)60-50(37)31-34)48-24-14-28-53-56(48)40-32-39-35-15-3-7-19-42(35)58(46(39)33-54(40)62-53)43-20-8-11-26-51(43)61-52-27-12-9-21-44(52)58/h3-33H,1-2H3. The Morgan fingerprint density at radius 2 is 1.08 bits per heavy atom. The Labute approximate surface area is 367 Å². The van der Waals surface area contributed by atoms with Crippen LogP contribution in [0.4, 0.5) is 17.1 Å². The first-order valence-corrected chi connectivity index (χ1v) is 23.0. The van der Waals surface area contributed by atoms with Crippen LogP contribution in [0.25, 0.3) is 64.4 Å². The van der Waals surface area contributed by atoms with Crippen molar-refractivity contribution in [3.05, 3.63) is 221 Å². The zero-order chi connectivity index (χ0) is 40.9. The minimum absolute atomic E-state index is 0.143. The van der Waals surface area contributed by atoms with Gasteiger partial charge in [-0.05, 0) is 111 Å². The van der Waals surface area contributed by atoms with Crippen LogP contribution in [0.15, 0.2) is 202 Å². The van der Waals surface area contributed by atoms with Gasteiger partial charge in [-0.25, -0.2) is 0 Å². The predicted molar refractivity (Wildman–Crippen MR) is 260 cm³/mol. The maximum atomic E-state index is 6.60. The second-order valence-electron chi connectivity index (χ2n) is 17.5. The van der Waals surface area contributed by atoms with E-state index in [2.05, 4.69) is 207 Å². The first-order chi connectivity index (χ1) is 30.5. The number of nitrogens with zero attached hydrogens (tertiary/aromatic N) is 1. The van der Waals surface area contributed by atoms with Crippen LogP contribution in [-0.4, -0.2) is 0 Å². The van der Waals surface area contributed by atoms with Crippen LogP contribution in [0.1, 0.15) is 47.2 Å². The van der Waals surface area contributed by atoms with Gasteiger partial charge in [-0.1, -0.05) is 147 Å². The largest absolute Gasteiger partial charge is 0.456 e. The number of benzene rings is 9. The third-order valence-corrected chi connectivity index (χ3v) is 16.4. The molecule has 0 saturated carbocycles. The molecule has 0 fully saturated rings. The Bertz CT molecular complexity index is 3690. The number of thiophene rings is 1. The molecular formula is C58H37NOS2. The molecule has 9 aromatic carbocycles. The minimum Gasteiger partial charge on any atom is -0.456 e. The van der Waals surface area contributed by atoms with Gasteiger partial charge in [-0.2, -0.15) is 0 Å². The van der Waals surface area contributed by atoms with Crippen molar-refractivity contribution in [3.63, 3.8) is 0 Å². The smallest absolute Gasteiger partial charge is 0.137 e. The molecule has 11 aromatic rings. The molecule has 0 N–H and O–H groups in total. The third kappa shape index (κ3) is 4.40. The number of anilines is 3. The Morgan fingerprint density at radius 1 is 0.435 bits per heavy atom. The average molecular weight is 828 g/mol. The summed E-state index contributed by atoms with van der Waals surface area (Å²) in [6.45, 7) is 4.73. The van der Waals surface area contributed by atoms with Crippen LogP contribution in [0.5, 0.6) is 0 Å². The van der Waals surface area contributed by atoms with Gasteiger partial charge in [0.05, 0.1) is 16.8 Å². The van der Waals surface area contributed by atoms with Crippen molar-refractivity contribution in [2.24, 2.45) is 0 Å². The molecule has 62 heavy (non-hydrogen) atoms. The molecule has 2 aromatic heterocycles. The molecule has 3 heterocycles. The molecule has 1 spiro atoms. The van der Waals surface area contributed by atoms with Crippen molar-refractivity contribution >= 4 is 82.3 Å². The molecule has 0 amide bonds. The Morgan fingerprint density at radius 3 is 1.90 bits per heavy atom. The molecule has 4 heteroatoms. The number of rotatable bonds is 3. The molecule has 0 saturated heterocycles. The van der Waals surface area contributed by atoms with Crippen molar-refractivity contribution in [2.75, 3.05) is 4.90 Å². The van der Waals surface area contributed by atoms with Gasteiger partial charge in [0.2, 0.25) is 0 Å². The molecule has 0 radical (unpaired) electrons. The zero-order valence-corrected chi connectivity index (χ0v) is 35.7. The molecule has 2 nitrogen and oxygen atoms in total. The van der Waals surface area contributed by atoms with Gasteiger partial charge in [0.15, 0.2) is 0 Å². The van der Waals surface area contributed by atoms with Crippen molar-refractivity contribution in [1.29, 1.82) is 0 Å². The summed E-state index contributed by atoms with van der Waals surface area (Å²) in [5.41, 5.74) is 18.0. The van der Waals surface area contributed by atoms with E-state index < -0.39 is 5.41 Å². The van der Waals surface area contributed by atoms with E-state index in [0.29, 0.717) is 0 Å². The number of hydrogen-bond donors (Lipinski definition) is 0. The highest BCUT2D eigenvalue weighted by Gasteiger charge is 2.50. The van der Waals surface area contributed by atoms with E-state index in [0.717, 1.165) is 33.3 Å². The first kappa shape index (κ1) is 34.8. The van der Waals surface area contributed by atoms with Crippen molar-refractivity contribution < 1.29 is 4.42 Å². The number of fused-ring (bicyclic) bond motifs is 18. The van der Waals surface area contributed by atoms with E-state index in [4.69, 9.17) is 4.42 Å². The summed E-state index contributed by atoms with van der Waals surface area (Å²) in [7, 11) is 0. The fraction of sp³-hybridized carbons (Fsp3) is 0.0690. The number of para-hydroxylation sites is 1. The topological polar surface area (TPSA) is 16.4 Å². The highest BCUT2D eigenvalue weighted by atomic mass is 32.2. The Balaban J connectivity index is 1.07. The molecule has 0 atom stereocenters. The van der Waals surface area contributed by atoms with E-state index in [1.807, 2.05) is 23.1 Å². The fourth-order valence-electron chi connectivity index (χ4n) is 11.5. The lowest BCUT2D eigenvalue weighted by Crippen LogP contribution is -2.31. The fourth-order valence-corrected chi connectivity index (χ4v) is 13.9. The maximum absolute atomic E-state index is 6.60. The molecule has 292 valence electrons. The quantitative estimate of drug-likeness (QED) is 0.177. The minimum atomic E-state index is -0.420. The second kappa shape index (κ2) is 12.4. The summed E-state index contributed by atoms with van der Waals surface area (Å²) in [5.74, 6) is 0. The number of hydrogen-bond acceptors (Lipinski definition) is 4. The van der Waals surface area contributed by atoms with Crippen LogP contribution >= 0.6 is 23.1 Å². The van der Waals surface area contributed by atoms with Crippen molar-refractivity contribution in [3.8, 4) is 22.3 Å². The molecule has 0 bridgehead atoms. The summed E-state index contributed by atoms with van der Waals surface area (Å²) in [6, 6.07) is 70.3. The summed E-state index contributed by atoms with van der Waals surface area (Å²) >= 11 is 3.80. The summed E-state index contributed by atoms with van der Waals surface area (Å²) in [4.78, 5) is 5.17. The second-order valence-corrected chi connectivity index (χ2v) is 19.7. The van der Waals surface area contributed by atoms with E-state index >= 15 is 0 Å². The Kier molecular flexibility index (Phi) is 6.95. The van der Waals surface area contributed by atoms with Crippen molar-refractivity contribution in [2.45, 2.75) is 34.5 Å². The highest BCUT2D eigenvalue weighted by molar-refractivity contribution is 7.99. The zero-order valence-electron chi connectivity index (χ0n) is 34.1. The van der Waals surface area contributed by atoms with Gasteiger partial charge in [0.25, 0.3) is 0 Å². The molecule has 2 aliphatic carbocycles. The van der Waals surface area contributed by atoms with E-state index in [1.54, 1.807) is 0 Å². The molecule has 0 unspecified atom stereocenters. The van der Waals surface area contributed by atoms with Crippen LogP contribution in [-0.2, 0) is 10.8 Å². The highest BCUT2D eigenvalue weighted by Crippen LogP contribution is 2.63. The van der Waals surface area contributed by atoms with E-state index in [-0.39, 0.29) is 5.41 Å². The SMILES string of the molecule is CC1(C)c2ccccc2-c2c(N(c3ccc4c(c3)oc3ccccc34)c3cccc4sc5cc6c(cc5c34)-c3ccccc3C63c4ccccc4Sc4ccccc43)cccc21. The average Bonchev–Trinajstić information content (AvgIpc) is 4.02. The third-order valence-electron chi connectivity index (χ3n) is 14.1. The molecular weight excluding hydrogens is 791 g/mol. The van der Waals surface area contributed by atoms with E-state index in [9.17, 15) is 0 Å². The van der Waals surface area contributed by atoms with Crippen LogP contribution in [0.2, 0.25) is 0 Å². The van der Waals surface area contributed by atoms with Crippen LogP contribution in [0, 0.1) is 0 Å². The summed E-state index contributed by atoms with van der Waals surface area (Å²) in [5, 5.41) is 4.81. The van der Waals surface area contributed by atoms with Crippen molar-refractivity contribution in [1.82, 2.24) is 0 Å². The van der Waals surface area contributed by atoms with Gasteiger partial charge < -0.3 is 9.32 Å². The molecule has 3 aliphatic rings. The van der Waals surface area contributed by atoms with Gasteiger partial charge in [0.1, 0.15) is 11.2 Å². The maximum Gasteiger partial charge on any atom is 0.137 e. The van der Waals surface area contributed by atoms with Crippen LogP contribution < -0.4 is 4.90 Å². The van der Waals surface area contributed by atoms with Gasteiger partial charge in [-0.3, -0.25) is 0 Å². The van der Waals surface area contributed by atoms with E-state index in [1.165, 1.54) is 91.3 Å².